The van der Waals surface area contributed by atoms with E-state index in [1.165, 1.54) is 16.7 Å². The van der Waals surface area contributed by atoms with E-state index in [1.807, 2.05) is 54.5 Å². The van der Waals surface area contributed by atoms with Gasteiger partial charge in [-0.1, -0.05) is 29.8 Å². The van der Waals surface area contributed by atoms with E-state index in [4.69, 9.17) is 16.6 Å². The Morgan fingerprint density at radius 3 is 2.87 bits per heavy atom. The molecule has 200 valence electrons. The molecule has 6 rings (SSSR count). The van der Waals surface area contributed by atoms with E-state index >= 15 is 0 Å². The molecule has 1 amide bonds. The number of fused-ring (bicyclic) bond motifs is 2. The number of benzene rings is 2. The number of hydrogen-bond acceptors (Lipinski definition) is 5. The number of hydrogen-bond donors (Lipinski definition) is 2. The minimum absolute atomic E-state index is 0.0377. The van der Waals surface area contributed by atoms with Crippen LogP contribution in [0.2, 0.25) is 5.02 Å². The Labute approximate surface area is 241 Å². The van der Waals surface area contributed by atoms with Gasteiger partial charge in [-0.15, -0.1) is 0 Å². The zero-order valence-corrected chi connectivity index (χ0v) is 24.0. The first kappa shape index (κ1) is 26.2. The molecular formula is C30H30BrClN6O. The lowest BCUT2D eigenvalue weighted by Gasteiger charge is -2.39. The summed E-state index contributed by atoms with van der Waals surface area (Å²) < 4.78 is 3.02. The minimum Gasteiger partial charge on any atom is -0.333 e. The van der Waals surface area contributed by atoms with Gasteiger partial charge in [0.05, 0.1) is 29.8 Å². The first-order valence-corrected chi connectivity index (χ1v) is 14.4. The Morgan fingerprint density at radius 1 is 1.15 bits per heavy atom. The first-order valence-electron chi connectivity index (χ1n) is 13.2. The molecule has 2 atom stereocenters. The minimum atomic E-state index is -0.350. The highest BCUT2D eigenvalue weighted by molar-refractivity contribution is 9.10. The lowest BCUT2D eigenvalue weighted by molar-refractivity contribution is -0.119. The number of aromatic nitrogens is 3. The average Bonchev–Trinajstić information content (AvgIpc) is 3.26. The molecule has 1 aliphatic carbocycles. The number of imidazole rings is 1. The maximum absolute atomic E-state index is 13.5. The van der Waals surface area contributed by atoms with Gasteiger partial charge in [0, 0.05) is 53.8 Å². The van der Waals surface area contributed by atoms with Crippen LogP contribution in [0.25, 0.3) is 0 Å². The van der Waals surface area contributed by atoms with Crippen LogP contribution >= 0.6 is 27.5 Å². The summed E-state index contributed by atoms with van der Waals surface area (Å²) in [5.41, 5.74) is 7.62. The van der Waals surface area contributed by atoms with Gasteiger partial charge in [0.1, 0.15) is 0 Å². The number of halogens is 2. The highest BCUT2D eigenvalue weighted by Crippen LogP contribution is 2.38. The second kappa shape index (κ2) is 11.2. The summed E-state index contributed by atoms with van der Waals surface area (Å²) in [7, 11) is 0. The molecule has 1 fully saturated rings. The molecule has 0 radical (unpaired) electrons. The van der Waals surface area contributed by atoms with Crippen molar-refractivity contribution >= 4 is 39.1 Å². The lowest BCUT2D eigenvalue weighted by Crippen LogP contribution is -2.56. The molecule has 0 saturated carbocycles. The Balaban J connectivity index is 1.22. The van der Waals surface area contributed by atoms with Gasteiger partial charge in [-0.2, -0.15) is 0 Å². The van der Waals surface area contributed by atoms with Gasteiger partial charge >= 0.3 is 0 Å². The third-order valence-corrected chi connectivity index (χ3v) is 8.17. The average molecular weight is 606 g/mol. The van der Waals surface area contributed by atoms with Gasteiger partial charge in [0.15, 0.2) is 0 Å². The molecule has 0 spiro atoms. The van der Waals surface area contributed by atoms with E-state index in [9.17, 15) is 4.79 Å². The fourth-order valence-electron chi connectivity index (χ4n) is 5.71. The van der Waals surface area contributed by atoms with Crippen molar-refractivity contribution in [2.45, 2.75) is 38.4 Å². The van der Waals surface area contributed by atoms with Gasteiger partial charge in [-0.25, -0.2) is 4.98 Å². The van der Waals surface area contributed by atoms with E-state index in [0.29, 0.717) is 19.6 Å². The van der Waals surface area contributed by atoms with Crippen molar-refractivity contribution in [2.24, 2.45) is 0 Å². The molecule has 1 saturated heterocycles. The first-order chi connectivity index (χ1) is 18.9. The summed E-state index contributed by atoms with van der Waals surface area (Å²) in [6.45, 7) is 4.78. The fourth-order valence-corrected chi connectivity index (χ4v) is 6.28. The molecule has 4 aromatic rings. The lowest BCUT2D eigenvalue weighted by atomic mass is 9.95. The van der Waals surface area contributed by atoms with E-state index < -0.39 is 0 Å². The SMILES string of the molecule is Cc1cn(Cc2cccc(NC(=O)[C@H]3CN([C@@H]4c5ccc(Cl)cc5CCc5cc(Br)cnc54)CCN3)c2)cn1. The Bertz CT molecular complexity index is 1470. The van der Waals surface area contributed by atoms with Crippen molar-refractivity contribution in [3.63, 3.8) is 0 Å². The number of carbonyl (C=O) groups is 1. The number of piperazine rings is 1. The monoisotopic (exact) mass is 604 g/mol. The van der Waals surface area contributed by atoms with Crippen molar-refractivity contribution in [2.75, 3.05) is 25.0 Å². The third kappa shape index (κ3) is 5.79. The number of pyridine rings is 1. The molecule has 0 bridgehead atoms. The smallest absolute Gasteiger partial charge is 0.242 e. The highest BCUT2D eigenvalue weighted by atomic mass is 79.9. The number of amides is 1. The number of aryl methyl sites for hydroxylation is 3. The van der Waals surface area contributed by atoms with Gasteiger partial charge in [0.25, 0.3) is 0 Å². The van der Waals surface area contributed by atoms with E-state index in [2.05, 4.69) is 60.7 Å². The number of rotatable bonds is 5. The topological polar surface area (TPSA) is 75.1 Å². The molecule has 3 heterocycles. The molecule has 39 heavy (non-hydrogen) atoms. The van der Waals surface area contributed by atoms with Crippen molar-refractivity contribution in [1.29, 1.82) is 0 Å². The summed E-state index contributed by atoms with van der Waals surface area (Å²) in [4.78, 5) is 25.0. The van der Waals surface area contributed by atoms with E-state index in [-0.39, 0.29) is 18.0 Å². The van der Waals surface area contributed by atoms with Crippen LogP contribution in [0.3, 0.4) is 0 Å². The van der Waals surface area contributed by atoms with Crippen LogP contribution in [0.5, 0.6) is 0 Å². The summed E-state index contributed by atoms with van der Waals surface area (Å²) >= 11 is 9.99. The van der Waals surface area contributed by atoms with Crippen LogP contribution in [0, 0.1) is 6.92 Å². The number of nitrogens with zero attached hydrogens (tertiary/aromatic N) is 4. The fraction of sp³-hybridized carbons (Fsp3) is 0.300. The second-order valence-corrected chi connectivity index (χ2v) is 11.7. The molecular weight excluding hydrogens is 576 g/mol. The molecule has 9 heteroatoms. The van der Waals surface area contributed by atoms with Crippen molar-refractivity contribution < 1.29 is 4.79 Å². The predicted molar refractivity (Wildman–Crippen MR) is 157 cm³/mol. The highest BCUT2D eigenvalue weighted by Gasteiger charge is 2.35. The number of nitrogens with one attached hydrogen (secondary N) is 2. The predicted octanol–water partition coefficient (Wildman–Crippen LogP) is 5.15. The summed E-state index contributed by atoms with van der Waals surface area (Å²) in [5, 5.41) is 7.32. The zero-order valence-electron chi connectivity index (χ0n) is 21.7. The largest absolute Gasteiger partial charge is 0.333 e. The van der Waals surface area contributed by atoms with Crippen molar-refractivity contribution in [3.05, 3.63) is 110 Å². The van der Waals surface area contributed by atoms with Gasteiger partial charge in [-0.3, -0.25) is 14.7 Å². The molecule has 7 nitrogen and oxygen atoms in total. The standard InChI is InChI=1S/C30H30BrClN6O/c1-19-15-37(18-35-19)16-20-3-2-4-25(11-20)36-30(39)27-17-38(10-9-33-27)29-26-8-7-24(32)13-21(26)5-6-22-12-23(31)14-34-28(22)29/h2-4,7-8,11-15,18,27,29,33H,5-6,9-10,16-17H2,1H3,(H,36,39)/t27-,29-/m1/s1. The van der Waals surface area contributed by atoms with Crippen molar-refractivity contribution in [1.82, 2.24) is 24.8 Å². The van der Waals surface area contributed by atoms with Crippen LogP contribution in [0.15, 0.2) is 71.7 Å². The van der Waals surface area contributed by atoms with Crippen LogP contribution in [-0.2, 0) is 24.2 Å². The summed E-state index contributed by atoms with van der Waals surface area (Å²) in [6, 6.07) is 15.9. The molecule has 2 aromatic carbocycles. The number of anilines is 1. The normalized spacial score (nSPS) is 19.2. The summed E-state index contributed by atoms with van der Waals surface area (Å²) in [5.74, 6) is -0.0377. The van der Waals surface area contributed by atoms with Gasteiger partial charge in [0.2, 0.25) is 5.91 Å². The van der Waals surface area contributed by atoms with Crippen LogP contribution < -0.4 is 10.6 Å². The Kier molecular flexibility index (Phi) is 7.53. The molecule has 1 aliphatic heterocycles. The van der Waals surface area contributed by atoms with Crippen LogP contribution in [0.4, 0.5) is 5.69 Å². The van der Waals surface area contributed by atoms with Crippen LogP contribution in [-0.4, -0.2) is 51.0 Å². The maximum atomic E-state index is 13.5. The third-order valence-electron chi connectivity index (χ3n) is 7.50. The maximum Gasteiger partial charge on any atom is 0.242 e. The van der Waals surface area contributed by atoms with E-state index in [1.54, 1.807) is 0 Å². The van der Waals surface area contributed by atoms with Gasteiger partial charge in [-0.05, 0) is 88.3 Å². The molecule has 0 unspecified atom stereocenters. The van der Waals surface area contributed by atoms with E-state index in [0.717, 1.165) is 51.5 Å². The summed E-state index contributed by atoms with van der Waals surface area (Å²) in [6.07, 6.45) is 7.51. The second-order valence-electron chi connectivity index (χ2n) is 10.3. The molecule has 2 aromatic heterocycles. The van der Waals surface area contributed by atoms with Crippen LogP contribution in [0.1, 0.15) is 39.7 Å². The molecule has 2 N–H and O–H groups in total. The van der Waals surface area contributed by atoms with Crippen molar-refractivity contribution in [3.8, 4) is 0 Å². The zero-order chi connectivity index (χ0) is 26.9. The molecule has 2 aliphatic rings. The Hall–Kier alpha value is -3.04. The quantitative estimate of drug-likeness (QED) is 0.329. The Morgan fingerprint density at radius 2 is 2.03 bits per heavy atom. The van der Waals surface area contributed by atoms with Gasteiger partial charge < -0.3 is 15.2 Å². The number of carbonyl (C=O) groups excluding carboxylic acids is 1.